The number of aromatic nitrogens is 2. The molecule has 8 nitrogen and oxygen atoms in total. The average Bonchev–Trinajstić information content (AvgIpc) is 3.12. The number of rotatable bonds is 6. The Bertz CT molecular complexity index is 931. The Kier molecular flexibility index (Phi) is 6.71. The molecule has 1 aliphatic heterocycles. The van der Waals surface area contributed by atoms with Crippen molar-refractivity contribution in [3.05, 3.63) is 41.6 Å². The van der Waals surface area contributed by atoms with Crippen LogP contribution in [-0.4, -0.2) is 46.6 Å². The highest BCUT2D eigenvalue weighted by molar-refractivity contribution is 6.30. The Hall–Kier alpha value is -2.94. The van der Waals surface area contributed by atoms with Gasteiger partial charge in [0.1, 0.15) is 23.7 Å². The largest absolute Gasteiger partial charge is 0.487 e. The Morgan fingerprint density at radius 2 is 2.13 bits per heavy atom. The average molecular weight is 437 g/mol. The number of hydrogen-bond acceptors (Lipinski definition) is 7. The van der Waals surface area contributed by atoms with Gasteiger partial charge in [0.25, 0.3) is 0 Å². The van der Waals surface area contributed by atoms with Gasteiger partial charge in [0, 0.05) is 30.4 Å². The first kappa shape index (κ1) is 21.8. The van der Waals surface area contributed by atoms with E-state index in [0.717, 1.165) is 0 Å². The third-order valence-corrected chi connectivity index (χ3v) is 4.08. The zero-order valence-electron chi connectivity index (χ0n) is 16.8. The fourth-order valence-corrected chi connectivity index (χ4v) is 2.76. The third-order valence-electron chi connectivity index (χ3n) is 3.87. The molecule has 0 spiro atoms. The molecule has 1 N–H and O–H groups in total. The molecule has 2 aromatic rings. The molecule has 1 atom stereocenters. The number of oxime groups is 1. The lowest BCUT2D eigenvalue weighted by Gasteiger charge is -2.19. The molecule has 0 saturated heterocycles. The van der Waals surface area contributed by atoms with Gasteiger partial charge in [-0.1, -0.05) is 16.8 Å². The molecular weight excluding hydrogens is 415 g/mol. The number of carbonyl (C=O) groups is 1. The Morgan fingerprint density at radius 3 is 2.83 bits per heavy atom. The maximum absolute atomic E-state index is 13.1. The highest BCUT2D eigenvalue weighted by Crippen LogP contribution is 2.30. The van der Waals surface area contributed by atoms with Gasteiger partial charge in [0.2, 0.25) is 5.95 Å². The van der Waals surface area contributed by atoms with Gasteiger partial charge in [0.05, 0.1) is 17.3 Å². The van der Waals surface area contributed by atoms with E-state index in [9.17, 15) is 9.18 Å². The van der Waals surface area contributed by atoms with Gasteiger partial charge >= 0.3 is 6.09 Å². The highest BCUT2D eigenvalue weighted by Gasteiger charge is 2.24. The van der Waals surface area contributed by atoms with Crippen LogP contribution in [0.2, 0.25) is 5.02 Å². The van der Waals surface area contributed by atoms with Crippen LogP contribution >= 0.6 is 11.6 Å². The molecular formula is C20H22ClFN4O4. The second kappa shape index (κ2) is 9.25. The summed E-state index contributed by atoms with van der Waals surface area (Å²) < 4.78 is 24.1. The minimum atomic E-state index is -0.584. The van der Waals surface area contributed by atoms with Crippen molar-refractivity contribution < 1.29 is 23.5 Å². The molecule has 2 aromatic heterocycles. The quantitative estimate of drug-likeness (QED) is 0.688. The van der Waals surface area contributed by atoms with E-state index in [2.05, 4.69) is 20.4 Å². The number of nitrogens with one attached hydrogen (secondary N) is 1. The Balaban J connectivity index is 1.54. The standard InChI is InChI=1S/C20H22ClFN4O4/c1-20(2,3)29-19(27)25-10-14-7-15(30-26-14)11-28-16-6-13(21)9-24-18(16)12-4-5-17(22)23-8-12/h4-6,8-9,15H,7,10-11H2,1-3H3,(H,25,27). The molecule has 0 radical (unpaired) electrons. The monoisotopic (exact) mass is 436 g/mol. The summed E-state index contributed by atoms with van der Waals surface area (Å²) in [4.78, 5) is 25.0. The summed E-state index contributed by atoms with van der Waals surface area (Å²) in [6, 6.07) is 4.42. The maximum atomic E-state index is 13.1. The van der Waals surface area contributed by atoms with Gasteiger partial charge in [-0.15, -0.1) is 0 Å². The maximum Gasteiger partial charge on any atom is 0.407 e. The molecule has 1 unspecified atom stereocenters. The van der Waals surface area contributed by atoms with Gasteiger partial charge in [-0.05, 0) is 32.9 Å². The summed E-state index contributed by atoms with van der Waals surface area (Å²) in [5.74, 6) is -0.168. The first-order chi connectivity index (χ1) is 14.2. The normalized spacial score (nSPS) is 15.9. The van der Waals surface area contributed by atoms with E-state index in [1.807, 2.05) is 0 Å². The lowest BCUT2D eigenvalue weighted by atomic mass is 10.1. The van der Waals surface area contributed by atoms with E-state index in [1.165, 1.54) is 18.5 Å². The number of pyridine rings is 2. The molecule has 160 valence electrons. The Morgan fingerprint density at radius 1 is 1.33 bits per heavy atom. The number of carbonyl (C=O) groups excluding carboxylic acids is 1. The molecule has 0 aliphatic carbocycles. The summed E-state index contributed by atoms with van der Waals surface area (Å²) in [5, 5.41) is 7.02. The van der Waals surface area contributed by atoms with Gasteiger partial charge < -0.3 is 19.6 Å². The van der Waals surface area contributed by atoms with Crippen molar-refractivity contribution >= 4 is 23.4 Å². The van der Waals surface area contributed by atoms with Gasteiger partial charge in [-0.2, -0.15) is 4.39 Å². The van der Waals surface area contributed by atoms with Crippen LogP contribution in [0, 0.1) is 5.95 Å². The third kappa shape index (κ3) is 6.28. The molecule has 3 heterocycles. The molecule has 10 heteroatoms. The summed E-state index contributed by atoms with van der Waals surface area (Å²) in [5.41, 5.74) is 1.17. The molecule has 0 fully saturated rings. The van der Waals surface area contributed by atoms with Crippen LogP contribution in [0.1, 0.15) is 27.2 Å². The summed E-state index contributed by atoms with van der Waals surface area (Å²) >= 11 is 6.04. The smallest absolute Gasteiger partial charge is 0.407 e. The van der Waals surface area contributed by atoms with Gasteiger partial charge in [-0.25, -0.2) is 9.78 Å². The van der Waals surface area contributed by atoms with Crippen molar-refractivity contribution in [3.63, 3.8) is 0 Å². The van der Waals surface area contributed by atoms with Crippen LogP contribution in [-0.2, 0) is 9.57 Å². The number of nitrogens with zero attached hydrogens (tertiary/aromatic N) is 3. The van der Waals surface area contributed by atoms with Crippen molar-refractivity contribution in [2.75, 3.05) is 13.2 Å². The van der Waals surface area contributed by atoms with Crippen molar-refractivity contribution in [1.29, 1.82) is 0 Å². The van der Waals surface area contributed by atoms with E-state index < -0.39 is 17.6 Å². The predicted octanol–water partition coefficient (Wildman–Crippen LogP) is 3.98. The first-order valence-corrected chi connectivity index (χ1v) is 9.66. The SMILES string of the molecule is CC(C)(C)OC(=O)NCC1=NOC(COc2cc(Cl)cnc2-c2ccc(F)nc2)C1. The number of amides is 1. The fourth-order valence-electron chi connectivity index (χ4n) is 2.61. The second-order valence-electron chi connectivity index (χ2n) is 7.63. The lowest BCUT2D eigenvalue weighted by Crippen LogP contribution is -2.35. The van der Waals surface area contributed by atoms with E-state index in [-0.39, 0.29) is 19.3 Å². The fraction of sp³-hybridized carbons (Fsp3) is 0.400. The van der Waals surface area contributed by atoms with Crippen molar-refractivity contribution in [3.8, 4) is 17.0 Å². The molecule has 3 rings (SSSR count). The highest BCUT2D eigenvalue weighted by atomic mass is 35.5. The van der Waals surface area contributed by atoms with Crippen molar-refractivity contribution in [2.45, 2.75) is 38.9 Å². The van der Waals surface area contributed by atoms with Gasteiger partial charge in [0.15, 0.2) is 6.10 Å². The first-order valence-electron chi connectivity index (χ1n) is 9.28. The van der Waals surface area contributed by atoms with Crippen LogP contribution in [0.15, 0.2) is 35.7 Å². The molecule has 0 bridgehead atoms. The summed E-state index contributed by atoms with van der Waals surface area (Å²) in [7, 11) is 0. The Labute approximate surface area is 178 Å². The summed E-state index contributed by atoms with van der Waals surface area (Å²) in [6.45, 7) is 5.77. The number of halogens is 2. The van der Waals surface area contributed by atoms with Crippen LogP contribution in [0.3, 0.4) is 0 Å². The summed E-state index contributed by atoms with van der Waals surface area (Å²) in [6.07, 6.45) is 2.47. The zero-order chi connectivity index (χ0) is 21.7. The van der Waals surface area contributed by atoms with Crippen LogP contribution < -0.4 is 10.1 Å². The zero-order valence-corrected chi connectivity index (χ0v) is 17.6. The molecule has 0 aromatic carbocycles. The van der Waals surface area contributed by atoms with E-state index in [4.69, 9.17) is 25.9 Å². The van der Waals surface area contributed by atoms with Crippen molar-refractivity contribution in [2.24, 2.45) is 5.16 Å². The number of hydrogen-bond donors (Lipinski definition) is 1. The molecule has 1 aliphatic rings. The minimum Gasteiger partial charge on any atom is -0.487 e. The van der Waals surface area contributed by atoms with Crippen molar-refractivity contribution in [1.82, 2.24) is 15.3 Å². The van der Waals surface area contributed by atoms with Crippen LogP contribution in [0.25, 0.3) is 11.3 Å². The van der Waals surface area contributed by atoms with Crippen LogP contribution in [0.5, 0.6) is 5.75 Å². The lowest BCUT2D eigenvalue weighted by molar-refractivity contribution is 0.0471. The molecule has 1 amide bonds. The number of ether oxygens (including phenoxy) is 2. The predicted molar refractivity (Wildman–Crippen MR) is 109 cm³/mol. The molecule has 0 saturated carbocycles. The van der Waals surface area contributed by atoms with E-state index in [1.54, 1.807) is 32.9 Å². The van der Waals surface area contributed by atoms with Crippen LogP contribution in [0.4, 0.5) is 9.18 Å². The van der Waals surface area contributed by atoms with E-state index >= 15 is 0 Å². The minimum absolute atomic E-state index is 0.184. The topological polar surface area (TPSA) is 94.9 Å². The van der Waals surface area contributed by atoms with Gasteiger partial charge in [-0.3, -0.25) is 4.98 Å². The number of alkyl carbamates (subject to hydrolysis) is 1. The molecule has 30 heavy (non-hydrogen) atoms. The second-order valence-corrected chi connectivity index (χ2v) is 8.06. The van der Waals surface area contributed by atoms with E-state index in [0.29, 0.717) is 34.2 Å².